The first kappa shape index (κ1) is 8.95. The number of hydrogen-bond donors (Lipinski definition) is 0. The van der Waals surface area contributed by atoms with E-state index in [1.54, 1.807) is 6.92 Å². The Morgan fingerprint density at radius 3 is 2.15 bits per heavy atom. The lowest BCUT2D eigenvalue weighted by Gasteiger charge is -2.22. The molecule has 0 saturated heterocycles. The molecule has 0 N–H and O–H groups in total. The average molecular weight is 199 g/mol. The van der Waals surface area contributed by atoms with Crippen LogP contribution in [0.1, 0.15) is 13.3 Å². The molecule has 0 heterocycles. The minimum Gasteiger partial charge on any atom is -0.300 e. The lowest BCUT2D eigenvalue weighted by molar-refractivity contribution is -0.127. The van der Waals surface area contributed by atoms with Crippen molar-refractivity contribution in [2.24, 2.45) is 23.7 Å². The molecule has 0 aromatic heterocycles. The van der Waals surface area contributed by atoms with Crippen LogP contribution in [-0.2, 0) is 9.59 Å². The summed E-state index contributed by atoms with van der Waals surface area (Å²) in [6.07, 6.45) is 5.00. The van der Waals surface area contributed by atoms with E-state index in [0.717, 1.165) is 6.42 Å². The van der Waals surface area contributed by atoms with E-state index in [0.29, 0.717) is 0 Å². The SMILES string of the molecule is CC(=O)C1C2C=CC(C2)C1C(=O)Cl. The molecule has 0 amide bonds. The number of rotatable bonds is 2. The van der Waals surface area contributed by atoms with Crippen LogP contribution in [-0.4, -0.2) is 11.0 Å². The van der Waals surface area contributed by atoms with Crippen LogP contribution in [0.5, 0.6) is 0 Å². The summed E-state index contributed by atoms with van der Waals surface area (Å²) < 4.78 is 0. The molecular weight excluding hydrogens is 188 g/mol. The molecule has 0 aromatic rings. The molecule has 70 valence electrons. The van der Waals surface area contributed by atoms with Gasteiger partial charge in [0.05, 0.1) is 0 Å². The number of halogens is 1. The third-order valence-corrected chi connectivity index (χ3v) is 3.44. The van der Waals surface area contributed by atoms with Crippen LogP contribution < -0.4 is 0 Å². The van der Waals surface area contributed by atoms with Crippen molar-refractivity contribution in [3.05, 3.63) is 12.2 Å². The Balaban J connectivity index is 2.30. The van der Waals surface area contributed by atoms with Gasteiger partial charge in [0.25, 0.3) is 0 Å². The van der Waals surface area contributed by atoms with Crippen LogP contribution in [0.3, 0.4) is 0 Å². The second kappa shape index (κ2) is 2.95. The van der Waals surface area contributed by atoms with Gasteiger partial charge in [-0.05, 0) is 36.8 Å². The van der Waals surface area contributed by atoms with Gasteiger partial charge in [0.2, 0.25) is 5.24 Å². The van der Waals surface area contributed by atoms with Gasteiger partial charge in [0.1, 0.15) is 5.78 Å². The summed E-state index contributed by atoms with van der Waals surface area (Å²) in [4.78, 5) is 22.4. The molecule has 2 aliphatic carbocycles. The summed E-state index contributed by atoms with van der Waals surface area (Å²) in [5, 5.41) is -0.350. The quantitative estimate of drug-likeness (QED) is 0.501. The zero-order valence-corrected chi connectivity index (χ0v) is 8.12. The Labute approximate surface area is 81.9 Å². The van der Waals surface area contributed by atoms with E-state index in [-0.39, 0.29) is 34.7 Å². The number of Topliss-reactive ketones (excluding diaryl/α,β-unsaturated/α-hetero) is 1. The van der Waals surface area contributed by atoms with E-state index in [4.69, 9.17) is 11.6 Å². The van der Waals surface area contributed by atoms with Crippen LogP contribution in [0.15, 0.2) is 12.2 Å². The summed E-state index contributed by atoms with van der Waals surface area (Å²) in [5.41, 5.74) is 0. The Kier molecular flexibility index (Phi) is 2.03. The summed E-state index contributed by atoms with van der Waals surface area (Å²) in [5.74, 6) is 0.157. The normalized spacial score (nSPS) is 41.1. The van der Waals surface area contributed by atoms with Crippen molar-refractivity contribution in [2.45, 2.75) is 13.3 Å². The molecule has 1 saturated carbocycles. The predicted octanol–water partition coefficient (Wildman–Crippen LogP) is 1.78. The minimum absolute atomic E-state index is 0.0934. The maximum atomic E-state index is 11.3. The smallest absolute Gasteiger partial charge is 0.226 e. The van der Waals surface area contributed by atoms with Crippen LogP contribution in [0.25, 0.3) is 0 Å². The molecule has 2 aliphatic rings. The molecule has 4 unspecified atom stereocenters. The van der Waals surface area contributed by atoms with Gasteiger partial charge in [-0.15, -0.1) is 0 Å². The molecule has 1 fully saturated rings. The topological polar surface area (TPSA) is 34.1 Å². The molecule has 0 radical (unpaired) electrons. The van der Waals surface area contributed by atoms with Crippen molar-refractivity contribution >= 4 is 22.6 Å². The maximum Gasteiger partial charge on any atom is 0.226 e. The number of allylic oxidation sites excluding steroid dienone is 2. The third kappa shape index (κ3) is 1.24. The molecule has 2 rings (SSSR count). The van der Waals surface area contributed by atoms with E-state index in [2.05, 4.69) is 0 Å². The Bertz CT molecular complexity index is 267. The summed E-state index contributed by atoms with van der Waals surface area (Å²) in [6, 6.07) is 0. The molecule has 0 aromatic carbocycles. The van der Waals surface area contributed by atoms with Crippen molar-refractivity contribution in [2.75, 3.05) is 0 Å². The van der Waals surface area contributed by atoms with Gasteiger partial charge in [-0.3, -0.25) is 9.59 Å². The monoisotopic (exact) mass is 198 g/mol. The van der Waals surface area contributed by atoms with E-state index >= 15 is 0 Å². The van der Waals surface area contributed by atoms with Gasteiger partial charge in [0.15, 0.2) is 0 Å². The molecule has 0 spiro atoms. The van der Waals surface area contributed by atoms with Crippen LogP contribution in [0.4, 0.5) is 0 Å². The largest absolute Gasteiger partial charge is 0.300 e. The average Bonchev–Trinajstić information content (AvgIpc) is 2.60. The highest BCUT2D eigenvalue weighted by Crippen LogP contribution is 2.49. The highest BCUT2D eigenvalue weighted by molar-refractivity contribution is 6.64. The van der Waals surface area contributed by atoms with Crippen molar-refractivity contribution in [1.29, 1.82) is 0 Å². The molecule has 0 aliphatic heterocycles. The lowest BCUT2D eigenvalue weighted by atomic mass is 9.81. The number of fused-ring (bicyclic) bond motifs is 2. The summed E-state index contributed by atoms with van der Waals surface area (Å²) in [6.45, 7) is 1.55. The highest BCUT2D eigenvalue weighted by Gasteiger charge is 2.49. The molecule has 2 nitrogen and oxygen atoms in total. The van der Waals surface area contributed by atoms with Gasteiger partial charge in [-0.25, -0.2) is 0 Å². The molecule has 4 atom stereocenters. The first-order valence-corrected chi connectivity index (χ1v) is 4.87. The Hall–Kier alpha value is -0.630. The number of carbonyl (C=O) groups is 2. The predicted molar refractivity (Wildman–Crippen MR) is 49.3 cm³/mol. The third-order valence-electron chi connectivity index (χ3n) is 3.19. The zero-order chi connectivity index (χ0) is 9.59. The minimum atomic E-state index is -0.350. The second-order valence-electron chi connectivity index (χ2n) is 3.91. The highest BCUT2D eigenvalue weighted by atomic mass is 35.5. The van der Waals surface area contributed by atoms with Crippen molar-refractivity contribution in [1.82, 2.24) is 0 Å². The van der Waals surface area contributed by atoms with Crippen LogP contribution >= 0.6 is 11.6 Å². The lowest BCUT2D eigenvalue weighted by Crippen LogP contribution is -2.29. The van der Waals surface area contributed by atoms with Gasteiger partial charge in [-0.1, -0.05) is 12.2 Å². The number of carbonyl (C=O) groups excluding carboxylic acids is 2. The van der Waals surface area contributed by atoms with Gasteiger partial charge in [0, 0.05) is 11.8 Å². The van der Waals surface area contributed by atoms with Crippen LogP contribution in [0.2, 0.25) is 0 Å². The van der Waals surface area contributed by atoms with E-state index in [9.17, 15) is 9.59 Å². The molecule has 13 heavy (non-hydrogen) atoms. The zero-order valence-electron chi connectivity index (χ0n) is 7.37. The van der Waals surface area contributed by atoms with E-state index in [1.165, 1.54) is 0 Å². The van der Waals surface area contributed by atoms with Gasteiger partial charge < -0.3 is 0 Å². The molecule has 3 heteroatoms. The number of ketones is 1. The maximum absolute atomic E-state index is 11.3. The fourth-order valence-electron chi connectivity index (χ4n) is 2.69. The van der Waals surface area contributed by atoms with Crippen molar-refractivity contribution < 1.29 is 9.59 Å². The fraction of sp³-hybridized carbons (Fsp3) is 0.600. The van der Waals surface area contributed by atoms with Gasteiger partial charge in [-0.2, -0.15) is 0 Å². The van der Waals surface area contributed by atoms with Crippen molar-refractivity contribution in [3.8, 4) is 0 Å². The first-order chi connectivity index (χ1) is 6.11. The second-order valence-corrected chi connectivity index (χ2v) is 4.29. The molecular formula is C10H11ClO2. The summed E-state index contributed by atoms with van der Waals surface area (Å²) in [7, 11) is 0. The molecule has 2 bridgehead atoms. The Morgan fingerprint density at radius 1 is 1.23 bits per heavy atom. The number of hydrogen-bond acceptors (Lipinski definition) is 2. The van der Waals surface area contributed by atoms with E-state index in [1.807, 2.05) is 12.2 Å². The van der Waals surface area contributed by atoms with Gasteiger partial charge >= 0.3 is 0 Å². The van der Waals surface area contributed by atoms with Crippen molar-refractivity contribution in [3.63, 3.8) is 0 Å². The Morgan fingerprint density at radius 2 is 1.77 bits per heavy atom. The van der Waals surface area contributed by atoms with Crippen LogP contribution in [0, 0.1) is 23.7 Å². The standard InChI is InChI=1S/C10H11ClO2/c1-5(12)8-6-2-3-7(4-6)9(8)10(11)13/h2-3,6-9H,4H2,1H3. The first-order valence-electron chi connectivity index (χ1n) is 4.49. The summed E-state index contributed by atoms with van der Waals surface area (Å²) >= 11 is 5.49. The fourth-order valence-corrected chi connectivity index (χ4v) is 2.98. The van der Waals surface area contributed by atoms with E-state index < -0.39 is 0 Å².